The van der Waals surface area contributed by atoms with Crippen molar-refractivity contribution in [1.29, 1.82) is 0 Å². The first-order valence-corrected chi connectivity index (χ1v) is 19.4. The number of amides is 1. The summed E-state index contributed by atoms with van der Waals surface area (Å²) in [6.45, 7) is 4.97. The van der Waals surface area contributed by atoms with Gasteiger partial charge in [0, 0.05) is 39.0 Å². The molecule has 0 spiro atoms. The van der Waals surface area contributed by atoms with E-state index in [1.54, 1.807) is 26.8 Å². The van der Waals surface area contributed by atoms with E-state index in [1.807, 2.05) is 18.2 Å². The van der Waals surface area contributed by atoms with Crippen LogP contribution in [0, 0.1) is 5.92 Å². The molecule has 2 aromatic carbocycles. The molecule has 0 radical (unpaired) electrons. The van der Waals surface area contributed by atoms with Gasteiger partial charge in [-0.05, 0) is 50.8 Å². The molecule has 0 aromatic heterocycles. The second-order valence-corrected chi connectivity index (χ2v) is 15.2. The Morgan fingerprint density at radius 2 is 1.64 bits per heavy atom. The summed E-state index contributed by atoms with van der Waals surface area (Å²) < 4.78 is 37.5. The number of aliphatic hydroxyl groups is 3. The molecule has 2 aromatic rings. The average Bonchev–Trinajstić information content (AvgIpc) is 3.19. The third-order valence-electron chi connectivity index (χ3n) is 9.16. The molecule has 1 heterocycles. The molecule has 17 heteroatoms. The monoisotopic (exact) mass is 837 g/mol. The van der Waals surface area contributed by atoms with Gasteiger partial charge in [-0.3, -0.25) is 19.2 Å². The first kappa shape index (κ1) is 48.1. The van der Waals surface area contributed by atoms with E-state index in [4.69, 9.17) is 44.8 Å². The number of esters is 3. The van der Waals surface area contributed by atoms with Gasteiger partial charge in [0.05, 0.1) is 38.2 Å². The second kappa shape index (κ2) is 23.3. The van der Waals surface area contributed by atoms with Crippen LogP contribution < -0.4 is 14.8 Å². The van der Waals surface area contributed by atoms with Gasteiger partial charge in [-0.25, -0.2) is 4.79 Å². The zero-order chi connectivity index (χ0) is 43.0. The molecule has 0 saturated carbocycles. The summed E-state index contributed by atoms with van der Waals surface area (Å²) in [6.07, 6.45) is -4.29. The maximum Gasteiger partial charge on any atom is 0.342 e. The van der Waals surface area contributed by atoms with Crippen molar-refractivity contribution in [3.05, 3.63) is 58.1 Å². The van der Waals surface area contributed by atoms with Crippen LogP contribution in [0.4, 0.5) is 0 Å². The molecule has 0 aliphatic carbocycles. The normalized spacial score (nSPS) is 19.7. The molecule has 6 atom stereocenters. The number of halogens is 1. The van der Waals surface area contributed by atoms with Crippen molar-refractivity contribution in [3.8, 4) is 11.5 Å². The highest BCUT2D eigenvalue weighted by Gasteiger charge is 2.47. The number of methoxy groups -OCH3 is 3. The van der Waals surface area contributed by atoms with Crippen LogP contribution in [0.25, 0.3) is 0 Å². The minimum Gasteiger partial charge on any atom is -0.496 e. The third-order valence-corrected chi connectivity index (χ3v) is 9.45. The highest BCUT2D eigenvalue weighted by atomic mass is 35.5. The summed E-state index contributed by atoms with van der Waals surface area (Å²) in [5.41, 5.74) is 0.788. The summed E-state index contributed by atoms with van der Waals surface area (Å²) in [7, 11) is 3.86. The smallest absolute Gasteiger partial charge is 0.342 e. The first-order valence-electron chi connectivity index (χ1n) is 19.0. The van der Waals surface area contributed by atoms with Gasteiger partial charge < -0.3 is 53.8 Å². The van der Waals surface area contributed by atoms with Crippen molar-refractivity contribution in [2.45, 2.75) is 122 Å². The van der Waals surface area contributed by atoms with Crippen molar-refractivity contribution < 1.29 is 72.5 Å². The number of benzene rings is 2. The van der Waals surface area contributed by atoms with Crippen molar-refractivity contribution in [2.24, 2.45) is 5.92 Å². The molecule has 0 bridgehead atoms. The summed E-state index contributed by atoms with van der Waals surface area (Å²) in [5, 5.41) is 33.1. The largest absolute Gasteiger partial charge is 0.496 e. The predicted molar refractivity (Wildman–Crippen MR) is 208 cm³/mol. The van der Waals surface area contributed by atoms with E-state index in [0.29, 0.717) is 32.1 Å². The van der Waals surface area contributed by atoms with Crippen molar-refractivity contribution in [3.63, 3.8) is 0 Å². The minimum absolute atomic E-state index is 0.0399. The number of ether oxygens (including phenoxy) is 7. The number of nitrogens with one attached hydrogen (secondary N) is 1. The molecule has 1 amide bonds. The number of rotatable bonds is 22. The SMILES string of the molecule is COC(=O)[C@H](CCCCCC(=O)CCC(=O)NCc1cccc(COc2cc(OC)c(C(=O)O[C@H]3[C@@H](OC)O[C@H](CO)[C@@H](O)[C@@H]3O)cc2Cl)c1)CC(=O)OC(C)(C)C. The fraction of sp³-hybridized carbons (Fsp3) is 0.585. The van der Waals surface area contributed by atoms with Gasteiger partial charge in [0.25, 0.3) is 0 Å². The molecule has 3 rings (SSSR count). The fourth-order valence-electron chi connectivity index (χ4n) is 6.13. The summed E-state index contributed by atoms with van der Waals surface area (Å²) in [4.78, 5) is 62.5. The first-order chi connectivity index (χ1) is 27.5. The summed E-state index contributed by atoms with van der Waals surface area (Å²) in [6, 6.07) is 9.95. The van der Waals surface area contributed by atoms with Gasteiger partial charge >= 0.3 is 17.9 Å². The van der Waals surface area contributed by atoms with Crippen LogP contribution in [-0.4, -0.2) is 109 Å². The molecule has 16 nitrogen and oxygen atoms in total. The fourth-order valence-corrected chi connectivity index (χ4v) is 6.35. The number of aliphatic hydroxyl groups excluding tert-OH is 3. The van der Waals surface area contributed by atoms with Crippen LogP contribution in [0.5, 0.6) is 11.5 Å². The molecule has 58 heavy (non-hydrogen) atoms. The van der Waals surface area contributed by atoms with Gasteiger partial charge in [-0.1, -0.05) is 48.7 Å². The van der Waals surface area contributed by atoms with Crippen molar-refractivity contribution in [2.75, 3.05) is 27.9 Å². The Bertz CT molecular complexity index is 1690. The molecule has 1 aliphatic heterocycles. The average molecular weight is 838 g/mol. The van der Waals surface area contributed by atoms with Gasteiger partial charge in [-0.2, -0.15) is 0 Å². The maximum atomic E-state index is 13.2. The Balaban J connectivity index is 1.43. The Morgan fingerprint density at radius 1 is 0.914 bits per heavy atom. The van der Waals surface area contributed by atoms with Gasteiger partial charge in [-0.15, -0.1) is 0 Å². The minimum atomic E-state index is -1.62. The standard InChI is InChI=1S/C41H56ClNO15/c1-41(2,3)58-34(47)18-26(38(50)53-5)13-8-7-9-14-27(45)15-16-33(46)43-21-24-11-10-12-25(17-24)23-55-31-20-30(52-4)28(19-29(31)42)39(51)57-37-36(49)35(48)32(22-44)56-40(37)54-6/h10-12,17,19-20,26,32,35-37,40,44,48-49H,7-9,13-16,18,21-23H2,1-6H3,(H,43,46)/t26-,32-,35-,36+,37-,40+/m1/s1. The van der Waals surface area contributed by atoms with Crippen molar-refractivity contribution >= 4 is 41.2 Å². The second-order valence-electron chi connectivity index (χ2n) is 14.8. The van der Waals surface area contributed by atoms with Crippen LogP contribution in [0.15, 0.2) is 36.4 Å². The highest BCUT2D eigenvalue weighted by Crippen LogP contribution is 2.35. The number of unbranched alkanes of at least 4 members (excludes halogenated alkanes) is 2. The van der Waals surface area contributed by atoms with Gasteiger partial charge in [0.15, 0.2) is 12.4 Å². The zero-order valence-electron chi connectivity index (χ0n) is 33.8. The molecular weight excluding hydrogens is 782 g/mol. The summed E-state index contributed by atoms with van der Waals surface area (Å²) >= 11 is 6.47. The quantitative estimate of drug-likeness (QED) is 0.0749. The molecule has 1 fully saturated rings. The number of carbonyl (C=O) groups excluding carboxylic acids is 5. The maximum absolute atomic E-state index is 13.2. The molecule has 1 aliphatic rings. The Morgan fingerprint density at radius 3 is 2.29 bits per heavy atom. The third kappa shape index (κ3) is 15.1. The van der Waals surface area contributed by atoms with E-state index >= 15 is 0 Å². The van der Waals surface area contributed by atoms with Gasteiger partial charge in [0.2, 0.25) is 5.91 Å². The van der Waals surface area contributed by atoms with Crippen LogP contribution >= 0.6 is 11.6 Å². The van der Waals surface area contributed by atoms with E-state index in [0.717, 1.165) is 11.1 Å². The molecular formula is C41H56ClNO15. The molecule has 1 saturated heterocycles. The number of hydrogen-bond donors (Lipinski definition) is 4. The van der Waals surface area contributed by atoms with E-state index < -0.39 is 66.7 Å². The van der Waals surface area contributed by atoms with Crippen LogP contribution in [0.1, 0.15) is 93.6 Å². The van der Waals surface area contributed by atoms with E-state index in [1.165, 1.54) is 33.5 Å². The Hall–Kier alpha value is -4.32. The zero-order valence-corrected chi connectivity index (χ0v) is 34.6. The molecule has 0 unspecified atom stereocenters. The molecule has 4 N–H and O–H groups in total. The lowest BCUT2D eigenvalue weighted by Crippen LogP contribution is -2.60. The van der Waals surface area contributed by atoms with Crippen LogP contribution in [0.2, 0.25) is 5.02 Å². The predicted octanol–water partition coefficient (Wildman–Crippen LogP) is 3.98. The van der Waals surface area contributed by atoms with Gasteiger partial charge in [0.1, 0.15) is 53.4 Å². The number of Topliss-reactive ketones (excluding diaryl/α,β-unsaturated/α-hetero) is 1. The lowest BCUT2D eigenvalue weighted by Gasteiger charge is -2.40. The van der Waals surface area contributed by atoms with Crippen LogP contribution in [-0.2, 0) is 56.0 Å². The number of carbonyl (C=O) groups is 5. The number of hydrogen-bond acceptors (Lipinski definition) is 15. The topological polar surface area (TPSA) is 223 Å². The van der Waals surface area contributed by atoms with E-state index in [9.17, 15) is 39.3 Å². The highest BCUT2D eigenvalue weighted by molar-refractivity contribution is 6.32. The molecule has 322 valence electrons. The van der Waals surface area contributed by atoms with E-state index in [2.05, 4.69) is 5.32 Å². The number of ketones is 1. The van der Waals surface area contributed by atoms with Crippen molar-refractivity contribution in [1.82, 2.24) is 5.32 Å². The Kier molecular flexibility index (Phi) is 19.3. The van der Waals surface area contributed by atoms with E-state index in [-0.39, 0.29) is 66.2 Å². The van der Waals surface area contributed by atoms with Crippen LogP contribution in [0.3, 0.4) is 0 Å². The lowest BCUT2D eigenvalue weighted by molar-refractivity contribution is -0.293. The Labute approximate surface area is 343 Å². The lowest BCUT2D eigenvalue weighted by atomic mass is 9.96. The summed E-state index contributed by atoms with van der Waals surface area (Å²) in [5.74, 6) is -2.57.